The maximum absolute atomic E-state index is 9.13. The van der Waals surface area contributed by atoms with Crippen LogP contribution in [0.25, 0.3) is 6.08 Å². The van der Waals surface area contributed by atoms with Gasteiger partial charge in [-0.15, -0.1) is 0 Å². The van der Waals surface area contributed by atoms with E-state index in [9.17, 15) is 0 Å². The van der Waals surface area contributed by atoms with Gasteiger partial charge in [0, 0.05) is 4.47 Å². The summed E-state index contributed by atoms with van der Waals surface area (Å²) in [6.07, 6.45) is 1.72. The lowest BCUT2D eigenvalue weighted by atomic mass is 9.98. The second-order valence-corrected chi connectivity index (χ2v) is 6.77. The molecule has 0 atom stereocenters. The Hall–Kier alpha value is -2.16. The Morgan fingerprint density at radius 1 is 1.25 bits per heavy atom. The first-order valence-corrected chi connectivity index (χ1v) is 8.51. The minimum atomic E-state index is 0.102. The zero-order valence-electron chi connectivity index (χ0n) is 13.5. The number of rotatable bonds is 5. The number of hydrogen-bond donors (Lipinski definition) is 1. The molecule has 0 radical (unpaired) electrons. The molecule has 0 aliphatic carbocycles. The lowest BCUT2D eigenvalue weighted by molar-refractivity contribution is 0.305. The largest absolute Gasteiger partial charge is 0.489 e. The molecule has 3 nitrogen and oxygen atoms in total. The van der Waals surface area contributed by atoms with Crippen LogP contribution >= 0.6 is 28.1 Å². The zero-order chi connectivity index (χ0) is 17.7. The molecule has 0 amide bonds. The van der Waals surface area contributed by atoms with Gasteiger partial charge in [0.05, 0.1) is 5.57 Å². The van der Waals surface area contributed by atoms with Crippen molar-refractivity contribution in [2.75, 3.05) is 0 Å². The molecule has 0 saturated heterocycles. The summed E-state index contributed by atoms with van der Waals surface area (Å²) in [7, 11) is 0. The van der Waals surface area contributed by atoms with E-state index >= 15 is 0 Å². The van der Waals surface area contributed by atoms with Gasteiger partial charge in [0.1, 0.15) is 23.4 Å². The van der Waals surface area contributed by atoms with Gasteiger partial charge in [0.15, 0.2) is 0 Å². The molecule has 0 aliphatic heterocycles. The van der Waals surface area contributed by atoms with Gasteiger partial charge < -0.3 is 10.5 Å². The highest BCUT2D eigenvalue weighted by Crippen LogP contribution is 2.22. The number of nitrogens with zero attached hydrogens (tertiary/aromatic N) is 1. The molecular weight excluding hydrogens is 384 g/mol. The van der Waals surface area contributed by atoms with Gasteiger partial charge in [0.25, 0.3) is 0 Å². The second kappa shape index (κ2) is 8.09. The summed E-state index contributed by atoms with van der Waals surface area (Å²) < 4.78 is 6.85. The molecule has 2 rings (SSSR count). The molecule has 0 unspecified atom stereocenters. The third-order valence-electron chi connectivity index (χ3n) is 3.62. The Morgan fingerprint density at radius 3 is 2.50 bits per heavy atom. The number of nitrogens with two attached hydrogens (primary N) is 1. The van der Waals surface area contributed by atoms with E-state index in [0.717, 1.165) is 32.5 Å². The minimum Gasteiger partial charge on any atom is -0.489 e. The summed E-state index contributed by atoms with van der Waals surface area (Å²) in [6.45, 7) is 4.48. The molecule has 2 aromatic carbocycles. The molecule has 5 heteroatoms. The van der Waals surface area contributed by atoms with Crippen LogP contribution in [-0.2, 0) is 6.61 Å². The standard InChI is InChI=1S/C19H17BrN2OS/c1-12-7-13(2)16(9-14(12)8-15(10-21)19(22)24)11-23-18-5-3-17(20)4-6-18/h3-9H,11H2,1-2H3,(H2,22,24)/b15-8-. The van der Waals surface area contributed by atoms with Crippen molar-refractivity contribution in [3.63, 3.8) is 0 Å². The van der Waals surface area contributed by atoms with Gasteiger partial charge in [-0.1, -0.05) is 34.2 Å². The summed E-state index contributed by atoms with van der Waals surface area (Å²) in [6, 6.07) is 13.8. The summed E-state index contributed by atoms with van der Waals surface area (Å²) in [5.41, 5.74) is 10.0. The van der Waals surface area contributed by atoms with Crippen LogP contribution in [0, 0.1) is 25.2 Å². The normalized spacial score (nSPS) is 11.0. The van der Waals surface area contributed by atoms with Crippen LogP contribution in [-0.4, -0.2) is 4.99 Å². The summed E-state index contributed by atoms with van der Waals surface area (Å²) in [4.78, 5) is 0.102. The number of halogens is 1. The Balaban J connectivity index is 2.27. The molecular formula is C19H17BrN2OS. The van der Waals surface area contributed by atoms with Gasteiger partial charge in [-0.25, -0.2) is 0 Å². The smallest absolute Gasteiger partial charge is 0.119 e. The third-order valence-corrected chi connectivity index (χ3v) is 4.37. The van der Waals surface area contributed by atoms with Crippen molar-refractivity contribution >= 4 is 39.2 Å². The Kier molecular flexibility index (Phi) is 6.13. The topological polar surface area (TPSA) is 59.0 Å². The molecule has 0 spiro atoms. The van der Waals surface area contributed by atoms with E-state index in [1.807, 2.05) is 50.2 Å². The van der Waals surface area contributed by atoms with Gasteiger partial charge in [-0.3, -0.25) is 0 Å². The lowest BCUT2D eigenvalue weighted by Crippen LogP contribution is -2.10. The molecule has 0 saturated carbocycles. The summed E-state index contributed by atoms with van der Waals surface area (Å²) in [5, 5.41) is 9.13. The van der Waals surface area contributed by atoms with E-state index in [4.69, 9.17) is 28.0 Å². The summed E-state index contributed by atoms with van der Waals surface area (Å²) >= 11 is 8.30. The zero-order valence-corrected chi connectivity index (χ0v) is 15.9. The molecule has 0 aromatic heterocycles. The monoisotopic (exact) mass is 400 g/mol. The van der Waals surface area contributed by atoms with Gasteiger partial charge >= 0.3 is 0 Å². The Morgan fingerprint density at radius 2 is 1.92 bits per heavy atom. The number of nitriles is 1. The van der Waals surface area contributed by atoms with Crippen LogP contribution in [0.1, 0.15) is 22.3 Å². The predicted octanol–water partition coefficient (Wildman–Crippen LogP) is 4.84. The molecule has 0 heterocycles. The van der Waals surface area contributed by atoms with Crippen LogP contribution in [0.3, 0.4) is 0 Å². The molecule has 0 bridgehead atoms. The van der Waals surface area contributed by atoms with E-state index in [2.05, 4.69) is 22.0 Å². The van der Waals surface area contributed by atoms with Crippen LogP contribution < -0.4 is 10.5 Å². The van der Waals surface area contributed by atoms with Crippen LogP contribution in [0.4, 0.5) is 0 Å². The third kappa shape index (κ3) is 4.67. The van der Waals surface area contributed by atoms with E-state index in [1.54, 1.807) is 6.08 Å². The van der Waals surface area contributed by atoms with Crippen molar-refractivity contribution < 1.29 is 4.74 Å². The van der Waals surface area contributed by atoms with Crippen molar-refractivity contribution in [3.05, 3.63) is 68.7 Å². The van der Waals surface area contributed by atoms with Crippen molar-refractivity contribution in [1.82, 2.24) is 0 Å². The highest BCUT2D eigenvalue weighted by atomic mass is 79.9. The first-order chi connectivity index (χ1) is 11.4. The van der Waals surface area contributed by atoms with Crippen molar-refractivity contribution in [2.24, 2.45) is 5.73 Å². The highest BCUT2D eigenvalue weighted by Gasteiger charge is 2.07. The number of ether oxygens (including phenoxy) is 1. The average Bonchev–Trinajstić information content (AvgIpc) is 2.54. The lowest BCUT2D eigenvalue weighted by Gasteiger charge is -2.12. The van der Waals surface area contributed by atoms with Gasteiger partial charge in [0.2, 0.25) is 0 Å². The minimum absolute atomic E-state index is 0.102. The Bertz CT molecular complexity index is 836. The number of hydrogen-bond acceptors (Lipinski definition) is 3. The SMILES string of the molecule is Cc1cc(C)c(COc2ccc(Br)cc2)cc1/C=C(/C#N)C(N)=S. The van der Waals surface area contributed by atoms with Crippen molar-refractivity contribution in [2.45, 2.75) is 20.5 Å². The average molecular weight is 401 g/mol. The fraction of sp³-hybridized carbons (Fsp3) is 0.158. The molecule has 0 aliphatic rings. The van der Waals surface area contributed by atoms with Gasteiger partial charge in [-0.2, -0.15) is 5.26 Å². The molecule has 2 N–H and O–H groups in total. The Labute approximate surface area is 155 Å². The number of aryl methyl sites for hydroxylation is 2. The fourth-order valence-corrected chi connectivity index (χ4v) is 2.60. The number of thiocarbonyl (C=S) groups is 1. The molecule has 122 valence electrons. The van der Waals surface area contributed by atoms with Crippen LogP contribution in [0.2, 0.25) is 0 Å². The van der Waals surface area contributed by atoms with Gasteiger partial charge in [-0.05, 0) is 72.5 Å². The maximum Gasteiger partial charge on any atom is 0.119 e. The quantitative estimate of drug-likeness (QED) is 0.443. The maximum atomic E-state index is 9.13. The highest BCUT2D eigenvalue weighted by molar-refractivity contribution is 9.10. The molecule has 2 aromatic rings. The van der Waals surface area contributed by atoms with Crippen molar-refractivity contribution in [1.29, 1.82) is 5.26 Å². The molecule has 0 fully saturated rings. The van der Waals surface area contributed by atoms with E-state index in [1.165, 1.54) is 0 Å². The summed E-state index contributed by atoms with van der Waals surface area (Å²) in [5.74, 6) is 0.802. The van der Waals surface area contributed by atoms with Crippen molar-refractivity contribution in [3.8, 4) is 11.8 Å². The molecule has 24 heavy (non-hydrogen) atoms. The van der Waals surface area contributed by atoms with E-state index in [-0.39, 0.29) is 4.99 Å². The first-order valence-electron chi connectivity index (χ1n) is 7.31. The van der Waals surface area contributed by atoms with Crippen LogP contribution in [0.5, 0.6) is 5.75 Å². The van der Waals surface area contributed by atoms with E-state index in [0.29, 0.717) is 12.2 Å². The first kappa shape index (κ1) is 18.2. The predicted molar refractivity (Wildman–Crippen MR) is 105 cm³/mol. The second-order valence-electron chi connectivity index (χ2n) is 5.41. The fourth-order valence-electron chi connectivity index (χ4n) is 2.23. The van der Waals surface area contributed by atoms with Crippen LogP contribution in [0.15, 0.2) is 46.4 Å². The van der Waals surface area contributed by atoms with E-state index < -0.39 is 0 Å². The number of benzene rings is 2.